The van der Waals surface area contributed by atoms with Crippen molar-refractivity contribution in [3.05, 3.63) is 41.7 Å². The molecule has 4 nitrogen and oxygen atoms in total. The third-order valence-corrected chi connectivity index (χ3v) is 2.94. The largest absolute Gasteiger partial charge is 0.377 e. The first-order valence-corrected chi connectivity index (χ1v) is 5.84. The van der Waals surface area contributed by atoms with Crippen LogP contribution in [0.4, 0.5) is 5.69 Å². The normalized spacial score (nSPS) is 15.6. The smallest absolute Gasteiger partial charge is 0.0878 e. The van der Waals surface area contributed by atoms with Gasteiger partial charge >= 0.3 is 0 Å². The van der Waals surface area contributed by atoms with E-state index in [1.807, 2.05) is 35.1 Å². The minimum absolute atomic E-state index is 0.364. The van der Waals surface area contributed by atoms with Gasteiger partial charge in [-0.25, -0.2) is 4.68 Å². The average Bonchev–Trinajstić information content (AvgIpc) is 2.77. The lowest BCUT2D eigenvalue weighted by molar-refractivity contribution is 0.0211. The van der Waals surface area contributed by atoms with Gasteiger partial charge in [0.2, 0.25) is 0 Å². The number of nitrogens with one attached hydrogen (secondary N) is 1. The van der Waals surface area contributed by atoms with E-state index < -0.39 is 0 Å². The summed E-state index contributed by atoms with van der Waals surface area (Å²) >= 11 is 6.02. The van der Waals surface area contributed by atoms with E-state index in [0.29, 0.717) is 11.1 Å². The van der Waals surface area contributed by atoms with Crippen molar-refractivity contribution in [1.29, 1.82) is 0 Å². The maximum atomic E-state index is 6.02. The molecular formula is C12H12ClN3O. The van der Waals surface area contributed by atoms with Crippen molar-refractivity contribution >= 4 is 17.3 Å². The van der Waals surface area contributed by atoms with E-state index in [1.54, 1.807) is 6.20 Å². The summed E-state index contributed by atoms with van der Waals surface area (Å²) < 4.78 is 6.97. The number of anilines is 1. The van der Waals surface area contributed by atoms with E-state index in [9.17, 15) is 0 Å². The molecule has 2 heterocycles. The van der Waals surface area contributed by atoms with Crippen LogP contribution in [0.5, 0.6) is 0 Å². The molecule has 88 valence electrons. The summed E-state index contributed by atoms with van der Waals surface area (Å²) in [6, 6.07) is 7.99. The SMILES string of the molecule is Clc1ccc(-n2cccn2)c(NC2COC2)c1. The molecule has 1 aromatic carbocycles. The van der Waals surface area contributed by atoms with Crippen LogP contribution in [0.25, 0.3) is 5.69 Å². The quantitative estimate of drug-likeness (QED) is 0.908. The summed E-state index contributed by atoms with van der Waals surface area (Å²) in [6.45, 7) is 1.48. The molecule has 17 heavy (non-hydrogen) atoms. The zero-order valence-electron chi connectivity index (χ0n) is 9.14. The molecule has 1 saturated heterocycles. The Balaban J connectivity index is 1.95. The first-order chi connectivity index (χ1) is 8.33. The van der Waals surface area contributed by atoms with Gasteiger partial charge in [-0.1, -0.05) is 11.6 Å². The summed E-state index contributed by atoms with van der Waals surface area (Å²) in [5.41, 5.74) is 1.97. The average molecular weight is 250 g/mol. The van der Waals surface area contributed by atoms with Crippen LogP contribution < -0.4 is 5.32 Å². The minimum Gasteiger partial charge on any atom is -0.377 e. The van der Waals surface area contributed by atoms with Crippen molar-refractivity contribution in [2.75, 3.05) is 18.5 Å². The molecule has 0 unspecified atom stereocenters. The Kier molecular flexibility index (Phi) is 2.74. The molecule has 0 aliphatic carbocycles. The van der Waals surface area contributed by atoms with Crippen molar-refractivity contribution in [2.24, 2.45) is 0 Å². The molecule has 0 bridgehead atoms. The fourth-order valence-corrected chi connectivity index (χ4v) is 1.95. The Morgan fingerprint density at radius 2 is 2.29 bits per heavy atom. The molecule has 5 heteroatoms. The molecule has 0 spiro atoms. The molecule has 0 radical (unpaired) electrons. The van der Waals surface area contributed by atoms with E-state index >= 15 is 0 Å². The summed E-state index contributed by atoms with van der Waals surface area (Å²) in [4.78, 5) is 0. The predicted molar refractivity (Wildman–Crippen MR) is 66.8 cm³/mol. The maximum Gasteiger partial charge on any atom is 0.0878 e. The fourth-order valence-electron chi connectivity index (χ4n) is 1.77. The number of rotatable bonds is 3. The predicted octanol–water partition coefficient (Wildman–Crippen LogP) is 2.34. The van der Waals surface area contributed by atoms with Gasteiger partial charge in [-0.05, 0) is 24.3 Å². The Morgan fingerprint density at radius 3 is 2.94 bits per heavy atom. The number of hydrogen-bond donors (Lipinski definition) is 1. The number of aromatic nitrogens is 2. The Morgan fingerprint density at radius 1 is 1.41 bits per heavy atom. The summed E-state index contributed by atoms with van der Waals surface area (Å²) in [6.07, 6.45) is 3.66. The Hall–Kier alpha value is -1.52. The minimum atomic E-state index is 0.364. The standard InChI is InChI=1S/C12H12ClN3O/c13-9-2-3-12(16-5-1-4-14-16)11(6-9)15-10-7-17-8-10/h1-6,10,15H,7-8H2. The fraction of sp³-hybridized carbons (Fsp3) is 0.250. The first-order valence-electron chi connectivity index (χ1n) is 5.47. The third kappa shape index (κ3) is 2.14. The van der Waals surface area contributed by atoms with Crippen molar-refractivity contribution in [2.45, 2.75) is 6.04 Å². The van der Waals surface area contributed by atoms with E-state index in [1.165, 1.54) is 0 Å². The van der Waals surface area contributed by atoms with Gasteiger partial charge in [0.25, 0.3) is 0 Å². The maximum absolute atomic E-state index is 6.02. The zero-order chi connectivity index (χ0) is 11.7. The number of nitrogens with zero attached hydrogens (tertiary/aromatic N) is 2. The highest BCUT2D eigenvalue weighted by Gasteiger charge is 2.19. The van der Waals surface area contributed by atoms with E-state index in [-0.39, 0.29) is 0 Å². The third-order valence-electron chi connectivity index (χ3n) is 2.71. The number of hydrogen-bond acceptors (Lipinski definition) is 3. The van der Waals surface area contributed by atoms with Crippen LogP contribution in [0.15, 0.2) is 36.7 Å². The van der Waals surface area contributed by atoms with Crippen molar-refractivity contribution in [3.8, 4) is 5.69 Å². The van der Waals surface area contributed by atoms with Crippen LogP contribution >= 0.6 is 11.6 Å². The lowest BCUT2D eigenvalue weighted by atomic mass is 10.2. The van der Waals surface area contributed by atoms with Crippen molar-refractivity contribution in [1.82, 2.24) is 9.78 Å². The second kappa shape index (κ2) is 4.39. The van der Waals surface area contributed by atoms with E-state index in [2.05, 4.69) is 10.4 Å². The molecule has 1 aliphatic heterocycles. The Labute approximate surface area is 104 Å². The molecule has 1 aromatic heterocycles. The zero-order valence-corrected chi connectivity index (χ0v) is 9.89. The van der Waals surface area contributed by atoms with Gasteiger partial charge in [0.1, 0.15) is 0 Å². The molecule has 3 rings (SSSR count). The van der Waals surface area contributed by atoms with Crippen LogP contribution in [0.2, 0.25) is 5.02 Å². The van der Waals surface area contributed by atoms with Crippen LogP contribution in [-0.2, 0) is 4.74 Å². The van der Waals surface area contributed by atoms with Gasteiger partial charge in [0, 0.05) is 17.4 Å². The second-order valence-corrected chi connectivity index (χ2v) is 4.43. The van der Waals surface area contributed by atoms with Gasteiger partial charge in [0.05, 0.1) is 30.6 Å². The molecule has 2 aromatic rings. The molecule has 0 saturated carbocycles. The van der Waals surface area contributed by atoms with Gasteiger partial charge in [-0.3, -0.25) is 0 Å². The molecule has 1 aliphatic rings. The summed E-state index contributed by atoms with van der Waals surface area (Å²) in [5.74, 6) is 0. The highest BCUT2D eigenvalue weighted by Crippen LogP contribution is 2.25. The molecule has 1 fully saturated rings. The molecule has 0 atom stereocenters. The first kappa shape index (κ1) is 10.6. The lowest BCUT2D eigenvalue weighted by Crippen LogP contribution is -2.40. The van der Waals surface area contributed by atoms with Gasteiger partial charge in [-0.15, -0.1) is 0 Å². The second-order valence-electron chi connectivity index (χ2n) is 3.99. The summed E-state index contributed by atoms with van der Waals surface area (Å²) in [5, 5.41) is 8.35. The molecule has 1 N–H and O–H groups in total. The van der Waals surface area contributed by atoms with Crippen LogP contribution in [0.3, 0.4) is 0 Å². The number of benzene rings is 1. The van der Waals surface area contributed by atoms with E-state index in [0.717, 1.165) is 24.6 Å². The highest BCUT2D eigenvalue weighted by molar-refractivity contribution is 6.31. The van der Waals surface area contributed by atoms with Gasteiger partial charge in [0.15, 0.2) is 0 Å². The Bertz CT molecular complexity index is 508. The van der Waals surface area contributed by atoms with Crippen molar-refractivity contribution in [3.63, 3.8) is 0 Å². The van der Waals surface area contributed by atoms with Crippen LogP contribution in [-0.4, -0.2) is 29.0 Å². The highest BCUT2D eigenvalue weighted by atomic mass is 35.5. The van der Waals surface area contributed by atoms with Crippen molar-refractivity contribution < 1.29 is 4.74 Å². The molecular weight excluding hydrogens is 238 g/mol. The van der Waals surface area contributed by atoms with Crippen LogP contribution in [0.1, 0.15) is 0 Å². The molecule has 0 amide bonds. The van der Waals surface area contributed by atoms with E-state index in [4.69, 9.17) is 16.3 Å². The monoisotopic (exact) mass is 249 g/mol. The summed E-state index contributed by atoms with van der Waals surface area (Å²) in [7, 11) is 0. The van der Waals surface area contributed by atoms with Crippen LogP contribution in [0, 0.1) is 0 Å². The lowest BCUT2D eigenvalue weighted by Gasteiger charge is -2.28. The topological polar surface area (TPSA) is 39.1 Å². The number of ether oxygens (including phenoxy) is 1. The van der Waals surface area contributed by atoms with Gasteiger partial charge in [-0.2, -0.15) is 5.10 Å². The van der Waals surface area contributed by atoms with Gasteiger partial charge < -0.3 is 10.1 Å². The number of halogens is 1.